The molecule has 2 aliphatic rings. The van der Waals surface area contributed by atoms with Crippen molar-refractivity contribution < 1.29 is 0 Å². The van der Waals surface area contributed by atoms with Gasteiger partial charge >= 0.3 is 0 Å². The van der Waals surface area contributed by atoms with Gasteiger partial charge in [0.15, 0.2) is 0 Å². The lowest BCUT2D eigenvalue weighted by atomic mass is 10.0. The van der Waals surface area contributed by atoms with Crippen LogP contribution in [-0.4, -0.2) is 0 Å². The van der Waals surface area contributed by atoms with E-state index in [-0.39, 0.29) is 24.8 Å². The van der Waals surface area contributed by atoms with Crippen molar-refractivity contribution in [2.75, 3.05) is 0 Å². The van der Waals surface area contributed by atoms with Crippen LogP contribution in [0.3, 0.4) is 0 Å². The van der Waals surface area contributed by atoms with Gasteiger partial charge in [-0.1, -0.05) is 75.3 Å². The standard InChI is InChI=1S/2C8H12.2ClH/c2*1-7(2)8-5-3-4-6-8;;/h2*3-5,7H,6H2,1-2H3;2*1H. The fourth-order valence-electron chi connectivity index (χ4n) is 1.78. The predicted molar refractivity (Wildman–Crippen MR) is 87.9 cm³/mol. The Morgan fingerprint density at radius 2 is 1.06 bits per heavy atom. The van der Waals surface area contributed by atoms with Gasteiger partial charge in [-0.15, -0.1) is 24.8 Å². The molecular weight excluding hydrogens is 263 g/mol. The van der Waals surface area contributed by atoms with Crippen molar-refractivity contribution in [3.63, 3.8) is 0 Å². The van der Waals surface area contributed by atoms with Crippen LogP contribution >= 0.6 is 24.8 Å². The van der Waals surface area contributed by atoms with Gasteiger partial charge < -0.3 is 0 Å². The van der Waals surface area contributed by atoms with E-state index in [4.69, 9.17) is 0 Å². The first kappa shape index (κ1) is 19.9. The summed E-state index contributed by atoms with van der Waals surface area (Å²) in [7, 11) is 0. The maximum atomic E-state index is 2.23. The number of rotatable bonds is 2. The van der Waals surface area contributed by atoms with Crippen LogP contribution in [0.2, 0.25) is 0 Å². The summed E-state index contributed by atoms with van der Waals surface area (Å²) in [5, 5.41) is 0. The highest BCUT2D eigenvalue weighted by Crippen LogP contribution is 2.19. The maximum Gasteiger partial charge on any atom is -0.0130 e. The van der Waals surface area contributed by atoms with Gasteiger partial charge in [0.2, 0.25) is 0 Å². The Morgan fingerprint density at radius 1 is 0.722 bits per heavy atom. The Balaban J connectivity index is 0. The molecule has 0 aromatic heterocycles. The van der Waals surface area contributed by atoms with Gasteiger partial charge in [0.1, 0.15) is 0 Å². The highest BCUT2D eigenvalue weighted by molar-refractivity contribution is 5.85. The molecule has 0 N–H and O–H groups in total. The van der Waals surface area contributed by atoms with Crippen LogP contribution in [0.4, 0.5) is 0 Å². The van der Waals surface area contributed by atoms with Crippen molar-refractivity contribution in [2.24, 2.45) is 11.8 Å². The lowest BCUT2D eigenvalue weighted by Gasteiger charge is -2.02. The quantitative estimate of drug-likeness (QED) is 0.593. The van der Waals surface area contributed by atoms with Crippen molar-refractivity contribution in [3.8, 4) is 0 Å². The number of allylic oxidation sites excluding steroid dienone is 8. The minimum absolute atomic E-state index is 0. The van der Waals surface area contributed by atoms with Gasteiger partial charge in [-0.2, -0.15) is 0 Å². The minimum Gasteiger partial charge on any atom is -0.147 e. The van der Waals surface area contributed by atoms with Gasteiger partial charge in [0.25, 0.3) is 0 Å². The largest absolute Gasteiger partial charge is 0.147 e. The second-order valence-electron chi connectivity index (χ2n) is 5.06. The average Bonchev–Trinajstić information content (AvgIpc) is 2.93. The van der Waals surface area contributed by atoms with Gasteiger partial charge in [0.05, 0.1) is 0 Å². The fraction of sp³-hybridized carbons (Fsp3) is 0.500. The van der Waals surface area contributed by atoms with Crippen LogP contribution < -0.4 is 0 Å². The molecule has 0 radical (unpaired) electrons. The normalized spacial score (nSPS) is 15.7. The van der Waals surface area contributed by atoms with Crippen LogP contribution in [0.1, 0.15) is 40.5 Å². The molecule has 0 atom stereocenters. The molecule has 0 fully saturated rings. The highest BCUT2D eigenvalue weighted by Gasteiger charge is 2.02. The Hall–Kier alpha value is -0.460. The molecule has 2 heteroatoms. The molecule has 2 rings (SSSR count). The molecule has 0 nitrogen and oxygen atoms in total. The molecule has 0 aromatic rings. The van der Waals surface area contributed by atoms with Crippen molar-refractivity contribution >= 4 is 24.8 Å². The molecule has 0 bridgehead atoms. The molecule has 0 saturated carbocycles. The third-order valence-electron chi connectivity index (χ3n) is 3.08. The van der Waals surface area contributed by atoms with E-state index in [2.05, 4.69) is 64.2 Å². The summed E-state index contributed by atoms with van der Waals surface area (Å²) in [6.45, 7) is 8.94. The van der Waals surface area contributed by atoms with E-state index in [1.165, 1.54) is 12.8 Å². The number of halogens is 2. The smallest absolute Gasteiger partial charge is 0.0130 e. The van der Waals surface area contributed by atoms with Gasteiger partial charge in [-0.25, -0.2) is 0 Å². The van der Waals surface area contributed by atoms with Crippen molar-refractivity contribution in [2.45, 2.75) is 40.5 Å². The summed E-state index contributed by atoms with van der Waals surface area (Å²) >= 11 is 0. The third kappa shape index (κ3) is 7.08. The third-order valence-corrected chi connectivity index (χ3v) is 3.08. The Morgan fingerprint density at radius 3 is 1.17 bits per heavy atom. The van der Waals surface area contributed by atoms with Crippen molar-refractivity contribution in [1.29, 1.82) is 0 Å². The van der Waals surface area contributed by atoms with Crippen molar-refractivity contribution in [1.82, 2.24) is 0 Å². The molecule has 0 aromatic carbocycles. The lowest BCUT2D eigenvalue weighted by Crippen LogP contribution is -1.88. The molecular formula is C16H26Cl2. The molecule has 0 amide bonds. The predicted octanol–water partition coefficient (Wildman–Crippen LogP) is 5.90. The van der Waals surface area contributed by atoms with E-state index in [1.807, 2.05) is 0 Å². The van der Waals surface area contributed by atoms with E-state index < -0.39 is 0 Å². The summed E-state index contributed by atoms with van der Waals surface area (Å²) in [6, 6.07) is 0. The molecule has 0 spiro atoms. The maximum absolute atomic E-state index is 2.23. The van der Waals surface area contributed by atoms with E-state index >= 15 is 0 Å². The molecule has 0 heterocycles. The Bertz CT molecular complexity index is 297. The molecule has 104 valence electrons. The molecule has 2 aliphatic carbocycles. The second-order valence-corrected chi connectivity index (χ2v) is 5.06. The van der Waals surface area contributed by atoms with Crippen LogP contribution in [0, 0.1) is 11.8 Å². The van der Waals surface area contributed by atoms with E-state index in [0.29, 0.717) is 0 Å². The molecule has 18 heavy (non-hydrogen) atoms. The summed E-state index contributed by atoms with van der Waals surface area (Å²) in [6.07, 6.45) is 15.5. The monoisotopic (exact) mass is 288 g/mol. The van der Waals surface area contributed by atoms with E-state index in [9.17, 15) is 0 Å². The zero-order chi connectivity index (χ0) is 12.0. The van der Waals surface area contributed by atoms with E-state index in [1.54, 1.807) is 11.1 Å². The topological polar surface area (TPSA) is 0 Å². The summed E-state index contributed by atoms with van der Waals surface area (Å²) in [5.41, 5.74) is 3.12. The van der Waals surface area contributed by atoms with Crippen molar-refractivity contribution in [3.05, 3.63) is 47.6 Å². The number of hydrogen-bond donors (Lipinski definition) is 0. The van der Waals surface area contributed by atoms with E-state index in [0.717, 1.165) is 11.8 Å². The lowest BCUT2D eigenvalue weighted by molar-refractivity contribution is 0.753. The first-order valence-corrected chi connectivity index (χ1v) is 6.32. The first-order chi connectivity index (χ1) is 7.61. The summed E-state index contributed by atoms with van der Waals surface area (Å²) < 4.78 is 0. The molecule has 0 aliphatic heterocycles. The zero-order valence-corrected chi connectivity index (χ0v) is 13.5. The second kappa shape index (κ2) is 10.5. The Labute approximate surface area is 125 Å². The SMILES string of the molecule is CC(C)C1=CC=CC1.CC(C)C1=CC=CC1.Cl.Cl. The van der Waals surface area contributed by atoms with Crippen LogP contribution in [0.25, 0.3) is 0 Å². The van der Waals surface area contributed by atoms with Gasteiger partial charge in [-0.3, -0.25) is 0 Å². The fourth-order valence-corrected chi connectivity index (χ4v) is 1.78. The van der Waals surface area contributed by atoms with Crippen LogP contribution in [0.5, 0.6) is 0 Å². The van der Waals surface area contributed by atoms with Gasteiger partial charge in [-0.05, 0) is 24.7 Å². The Kier molecular flexibility index (Phi) is 11.5. The summed E-state index contributed by atoms with van der Waals surface area (Å²) in [5.74, 6) is 1.48. The average molecular weight is 289 g/mol. The van der Waals surface area contributed by atoms with Crippen LogP contribution in [-0.2, 0) is 0 Å². The molecule has 0 saturated heterocycles. The summed E-state index contributed by atoms with van der Waals surface area (Å²) in [4.78, 5) is 0. The highest BCUT2D eigenvalue weighted by atomic mass is 35.5. The van der Waals surface area contributed by atoms with Crippen LogP contribution in [0.15, 0.2) is 47.6 Å². The minimum atomic E-state index is 0. The van der Waals surface area contributed by atoms with Gasteiger partial charge in [0, 0.05) is 0 Å². The first-order valence-electron chi connectivity index (χ1n) is 6.32. The molecule has 0 unspecified atom stereocenters. The zero-order valence-electron chi connectivity index (χ0n) is 11.8. The number of hydrogen-bond acceptors (Lipinski definition) is 0.